The molecule has 0 aromatic heterocycles. The van der Waals surface area contributed by atoms with Crippen molar-refractivity contribution in [3.8, 4) is 6.07 Å². The van der Waals surface area contributed by atoms with Gasteiger partial charge in [0.2, 0.25) is 0 Å². The summed E-state index contributed by atoms with van der Waals surface area (Å²) in [4.78, 5) is 14.3. The lowest BCUT2D eigenvalue weighted by Crippen LogP contribution is -2.27. The molecule has 0 heterocycles. The van der Waals surface area contributed by atoms with E-state index in [0.717, 1.165) is 16.8 Å². The Morgan fingerprint density at radius 3 is 2.29 bits per heavy atom. The van der Waals surface area contributed by atoms with Crippen molar-refractivity contribution < 1.29 is 4.79 Å². The number of nitrogens with one attached hydrogen (secondary N) is 1. The molecule has 4 heteroatoms. The molecule has 0 radical (unpaired) electrons. The summed E-state index contributed by atoms with van der Waals surface area (Å²) in [6.45, 7) is 1.90. The second-order valence-corrected chi connectivity index (χ2v) is 5.76. The van der Waals surface area contributed by atoms with Crippen LogP contribution in [0.25, 0.3) is 6.08 Å². The predicted octanol–water partition coefficient (Wildman–Crippen LogP) is 3.54. The molecule has 1 N–H and O–H groups in total. The normalized spacial score (nSPS) is 12.2. The van der Waals surface area contributed by atoms with Gasteiger partial charge in [0, 0.05) is 19.8 Å². The smallest absolute Gasteiger partial charge is 0.262 e. The van der Waals surface area contributed by atoms with Crippen molar-refractivity contribution in [1.82, 2.24) is 5.32 Å². The first-order chi connectivity index (χ1) is 11.5. The molecule has 0 bridgehead atoms. The van der Waals surface area contributed by atoms with Gasteiger partial charge in [-0.15, -0.1) is 0 Å². The van der Waals surface area contributed by atoms with Gasteiger partial charge in [-0.2, -0.15) is 5.26 Å². The van der Waals surface area contributed by atoms with Crippen LogP contribution in [0.5, 0.6) is 0 Å². The summed E-state index contributed by atoms with van der Waals surface area (Å²) in [7, 11) is 3.92. The Kier molecular flexibility index (Phi) is 5.75. The summed E-state index contributed by atoms with van der Waals surface area (Å²) in [6.07, 6.45) is 1.60. The molecule has 2 rings (SSSR count). The van der Waals surface area contributed by atoms with Crippen LogP contribution >= 0.6 is 0 Å². The molecule has 0 saturated carbocycles. The van der Waals surface area contributed by atoms with E-state index in [1.54, 1.807) is 6.08 Å². The maximum absolute atomic E-state index is 12.3. The Morgan fingerprint density at radius 2 is 1.75 bits per heavy atom. The van der Waals surface area contributed by atoms with Crippen molar-refractivity contribution in [1.29, 1.82) is 5.26 Å². The largest absolute Gasteiger partial charge is 0.378 e. The molecule has 0 spiro atoms. The van der Waals surface area contributed by atoms with Crippen molar-refractivity contribution in [2.24, 2.45) is 0 Å². The van der Waals surface area contributed by atoms with Gasteiger partial charge in [0.1, 0.15) is 11.6 Å². The Labute approximate surface area is 143 Å². The molecule has 2 aromatic carbocycles. The van der Waals surface area contributed by atoms with Crippen LogP contribution in [0.3, 0.4) is 0 Å². The first-order valence-corrected chi connectivity index (χ1v) is 7.76. The number of rotatable bonds is 5. The van der Waals surface area contributed by atoms with Gasteiger partial charge in [0.15, 0.2) is 0 Å². The molecule has 1 atom stereocenters. The summed E-state index contributed by atoms with van der Waals surface area (Å²) in [6, 6.07) is 19.2. The topological polar surface area (TPSA) is 56.1 Å². The first-order valence-electron chi connectivity index (χ1n) is 7.76. The standard InChI is InChI=1S/C20H21N3O/c1-15(17-7-5-4-6-8-17)22-20(24)18(14-21)13-16-9-11-19(12-10-16)23(2)3/h4-13,15H,1-3H3,(H,22,24)/b18-13+/t15-/m0/s1. The van der Waals surface area contributed by atoms with Gasteiger partial charge in [-0.25, -0.2) is 0 Å². The molecule has 0 saturated heterocycles. The molecule has 4 nitrogen and oxygen atoms in total. The molecule has 2 aromatic rings. The number of anilines is 1. The minimum atomic E-state index is -0.370. The zero-order chi connectivity index (χ0) is 17.5. The number of amides is 1. The fraction of sp³-hybridized carbons (Fsp3) is 0.200. The molecule has 0 aliphatic rings. The van der Waals surface area contributed by atoms with Gasteiger partial charge in [0.05, 0.1) is 6.04 Å². The van der Waals surface area contributed by atoms with Gasteiger partial charge in [-0.05, 0) is 36.3 Å². The lowest BCUT2D eigenvalue weighted by molar-refractivity contribution is -0.117. The number of nitriles is 1. The van der Waals surface area contributed by atoms with Crippen molar-refractivity contribution >= 4 is 17.7 Å². The molecule has 0 fully saturated rings. The van der Waals surface area contributed by atoms with Gasteiger partial charge < -0.3 is 10.2 Å². The monoisotopic (exact) mass is 319 g/mol. The van der Waals surface area contributed by atoms with Crippen LogP contribution in [0.1, 0.15) is 24.1 Å². The average molecular weight is 319 g/mol. The highest BCUT2D eigenvalue weighted by Crippen LogP contribution is 2.16. The molecular formula is C20H21N3O. The van der Waals surface area contributed by atoms with Crippen molar-refractivity contribution in [3.63, 3.8) is 0 Å². The lowest BCUT2D eigenvalue weighted by atomic mass is 10.1. The van der Waals surface area contributed by atoms with E-state index in [9.17, 15) is 10.1 Å². The number of hydrogen-bond donors (Lipinski definition) is 1. The Morgan fingerprint density at radius 1 is 1.12 bits per heavy atom. The molecular weight excluding hydrogens is 298 g/mol. The van der Waals surface area contributed by atoms with Crippen molar-refractivity contribution in [3.05, 3.63) is 71.3 Å². The first kappa shape index (κ1) is 17.3. The van der Waals surface area contributed by atoms with Gasteiger partial charge in [-0.3, -0.25) is 4.79 Å². The Bertz CT molecular complexity index is 756. The van der Waals surface area contributed by atoms with E-state index in [4.69, 9.17) is 0 Å². The van der Waals surface area contributed by atoms with Crippen LogP contribution in [0.4, 0.5) is 5.69 Å². The zero-order valence-electron chi connectivity index (χ0n) is 14.2. The van der Waals surface area contributed by atoms with E-state index in [1.165, 1.54) is 0 Å². The lowest BCUT2D eigenvalue weighted by Gasteiger charge is -2.14. The van der Waals surface area contributed by atoms with Crippen LogP contribution in [0.15, 0.2) is 60.2 Å². The third kappa shape index (κ3) is 4.47. The molecule has 0 unspecified atom stereocenters. The minimum absolute atomic E-state index is 0.0929. The van der Waals surface area contributed by atoms with Crippen LogP contribution in [0, 0.1) is 11.3 Å². The van der Waals surface area contributed by atoms with Crippen molar-refractivity contribution in [2.45, 2.75) is 13.0 Å². The highest BCUT2D eigenvalue weighted by Gasteiger charge is 2.13. The second kappa shape index (κ2) is 7.98. The number of benzene rings is 2. The van der Waals surface area contributed by atoms with Crippen LogP contribution in [-0.4, -0.2) is 20.0 Å². The summed E-state index contributed by atoms with van der Waals surface area (Å²) < 4.78 is 0. The maximum Gasteiger partial charge on any atom is 0.262 e. The van der Waals surface area contributed by atoms with Gasteiger partial charge >= 0.3 is 0 Å². The van der Waals surface area contributed by atoms with E-state index >= 15 is 0 Å². The molecule has 24 heavy (non-hydrogen) atoms. The predicted molar refractivity (Wildman–Crippen MR) is 97.4 cm³/mol. The highest BCUT2D eigenvalue weighted by atomic mass is 16.1. The number of carbonyl (C=O) groups excluding carboxylic acids is 1. The fourth-order valence-electron chi connectivity index (χ4n) is 2.28. The van der Waals surface area contributed by atoms with Crippen LogP contribution in [-0.2, 0) is 4.79 Å². The van der Waals surface area contributed by atoms with E-state index in [1.807, 2.05) is 86.6 Å². The molecule has 1 amide bonds. The van der Waals surface area contributed by atoms with Crippen LogP contribution < -0.4 is 10.2 Å². The number of carbonyl (C=O) groups is 1. The Balaban J connectivity index is 2.12. The Hall–Kier alpha value is -3.06. The summed E-state index contributed by atoms with van der Waals surface area (Å²) in [5, 5.41) is 12.2. The highest BCUT2D eigenvalue weighted by molar-refractivity contribution is 6.01. The molecule has 122 valence electrons. The van der Waals surface area contributed by atoms with Crippen molar-refractivity contribution in [2.75, 3.05) is 19.0 Å². The van der Waals surface area contributed by atoms with E-state index in [0.29, 0.717) is 0 Å². The summed E-state index contributed by atoms with van der Waals surface area (Å²) >= 11 is 0. The molecule has 0 aliphatic heterocycles. The van der Waals surface area contributed by atoms with Crippen LogP contribution in [0.2, 0.25) is 0 Å². The molecule has 0 aliphatic carbocycles. The van der Waals surface area contributed by atoms with E-state index < -0.39 is 0 Å². The van der Waals surface area contributed by atoms with Gasteiger partial charge in [-0.1, -0.05) is 42.5 Å². The number of hydrogen-bond acceptors (Lipinski definition) is 3. The summed E-state index contributed by atoms with van der Waals surface area (Å²) in [5.74, 6) is -0.370. The zero-order valence-corrected chi connectivity index (χ0v) is 14.2. The average Bonchev–Trinajstić information content (AvgIpc) is 2.60. The SMILES string of the molecule is C[C@H](NC(=O)/C(C#N)=C/c1ccc(N(C)C)cc1)c1ccccc1. The minimum Gasteiger partial charge on any atom is -0.378 e. The maximum atomic E-state index is 12.3. The second-order valence-electron chi connectivity index (χ2n) is 5.76. The van der Waals surface area contributed by atoms with E-state index in [-0.39, 0.29) is 17.5 Å². The number of nitrogens with zero attached hydrogens (tertiary/aromatic N) is 2. The third-order valence-electron chi connectivity index (χ3n) is 3.73. The van der Waals surface area contributed by atoms with Gasteiger partial charge in [0.25, 0.3) is 5.91 Å². The third-order valence-corrected chi connectivity index (χ3v) is 3.73. The quantitative estimate of drug-likeness (QED) is 0.677. The van der Waals surface area contributed by atoms with E-state index in [2.05, 4.69) is 5.32 Å². The summed E-state index contributed by atoms with van der Waals surface area (Å²) in [5.41, 5.74) is 2.97. The fourth-order valence-corrected chi connectivity index (χ4v) is 2.28.